The second-order valence-electron chi connectivity index (χ2n) is 6.46. The van der Waals surface area contributed by atoms with E-state index < -0.39 is 6.61 Å². The number of halogens is 3. The molecule has 0 aromatic heterocycles. The fourth-order valence-electron chi connectivity index (χ4n) is 3.52. The maximum absolute atomic E-state index is 12.2. The second-order valence-corrected chi connectivity index (χ2v) is 6.71. The molecule has 4 heteroatoms. The molecule has 1 fully saturated rings. The summed E-state index contributed by atoms with van der Waals surface area (Å²) in [6.07, 6.45) is 6.83. The highest BCUT2D eigenvalue weighted by molar-refractivity contribution is 6.25. The Hall–Kier alpha value is -1.87. The van der Waals surface area contributed by atoms with Gasteiger partial charge in [-0.25, -0.2) is 0 Å². The van der Waals surface area contributed by atoms with Crippen LogP contribution >= 0.6 is 11.6 Å². The predicted molar refractivity (Wildman–Crippen MR) is 98.2 cm³/mol. The van der Waals surface area contributed by atoms with E-state index in [4.69, 9.17) is 11.6 Å². The highest BCUT2D eigenvalue weighted by Crippen LogP contribution is 2.37. The van der Waals surface area contributed by atoms with Crippen LogP contribution in [0.4, 0.5) is 8.78 Å². The lowest BCUT2D eigenvalue weighted by atomic mass is 9.78. The Kier molecular flexibility index (Phi) is 6.09. The molecule has 1 saturated carbocycles. The molecule has 0 aliphatic heterocycles. The molecular weight excluding hydrogens is 342 g/mol. The monoisotopic (exact) mass is 362 g/mol. The van der Waals surface area contributed by atoms with Crippen molar-refractivity contribution in [2.45, 2.75) is 38.2 Å². The van der Waals surface area contributed by atoms with Crippen LogP contribution < -0.4 is 4.74 Å². The first-order chi connectivity index (χ1) is 12.2. The van der Waals surface area contributed by atoms with Gasteiger partial charge in [-0.2, -0.15) is 8.78 Å². The molecule has 132 valence electrons. The Morgan fingerprint density at radius 1 is 0.880 bits per heavy atom. The third-order valence-electron chi connectivity index (χ3n) is 4.91. The molecule has 2 aromatic rings. The Morgan fingerprint density at radius 3 is 1.96 bits per heavy atom. The first kappa shape index (κ1) is 17.9. The summed E-state index contributed by atoms with van der Waals surface area (Å²) in [5, 5.41) is 0. The summed E-state index contributed by atoms with van der Waals surface area (Å²) in [6.45, 7) is -2.79. The van der Waals surface area contributed by atoms with Crippen molar-refractivity contribution < 1.29 is 13.5 Å². The van der Waals surface area contributed by atoms with Crippen molar-refractivity contribution in [3.8, 4) is 16.9 Å². The van der Waals surface area contributed by atoms with E-state index in [2.05, 4.69) is 35.1 Å². The number of hydrogen-bond acceptors (Lipinski definition) is 1. The van der Waals surface area contributed by atoms with Crippen LogP contribution in [0.2, 0.25) is 0 Å². The maximum atomic E-state index is 12.2. The molecule has 0 radical (unpaired) electrons. The molecule has 1 aliphatic carbocycles. The van der Waals surface area contributed by atoms with Crippen molar-refractivity contribution in [3.05, 3.63) is 65.7 Å². The molecule has 1 aliphatic rings. The molecule has 0 spiro atoms. The molecule has 0 saturated heterocycles. The third-order valence-corrected chi connectivity index (χ3v) is 5.06. The average Bonchev–Trinajstić information content (AvgIpc) is 2.63. The zero-order valence-electron chi connectivity index (χ0n) is 13.9. The van der Waals surface area contributed by atoms with Crippen molar-refractivity contribution in [1.82, 2.24) is 0 Å². The van der Waals surface area contributed by atoms with Crippen molar-refractivity contribution >= 4 is 11.6 Å². The summed E-state index contributed by atoms with van der Waals surface area (Å²) >= 11 is 5.67. The number of rotatable bonds is 5. The molecule has 0 bridgehead atoms. The van der Waals surface area contributed by atoms with Crippen LogP contribution in [0.5, 0.6) is 5.75 Å². The predicted octanol–water partition coefficient (Wildman–Crippen LogP) is 6.98. The Morgan fingerprint density at radius 2 is 1.44 bits per heavy atom. The average molecular weight is 363 g/mol. The molecule has 0 N–H and O–H groups in total. The van der Waals surface area contributed by atoms with E-state index in [1.54, 1.807) is 29.8 Å². The van der Waals surface area contributed by atoms with Gasteiger partial charge in [0.15, 0.2) is 0 Å². The lowest BCUT2D eigenvalue weighted by Crippen LogP contribution is -2.11. The van der Waals surface area contributed by atoms with Crippen LogP contribution in [0.25, 0.3) is 11.1 Å². The molecular formula is C21H21ClF2O. The van der Waals surface area contributed by atoms with E-state index >= 15 is 0 Å². The van der Waals surface area contributed by atoms with E-state index in [0.717, 1.165) is 11.1 Å². The molecule has 0 amide bonds. The fourth-order valence-corrected chi connectivity index (χ4v) is 3.73. The van der Waals surface area contributed by atoms with Crippen LogP contribution in [0.15, 0.2) is 60.1 Å². The van der Waals surface area contributed by atoms with Gasteiger partial charge in [0, 0.05) is 5.54 Å². The van der Waals surface area contributed by atoms with Gasteiger partial charge >= 0.3 is 6.61 Å². The lowest BCUT2D eigenvalue weighted by molar-refractivity contribution is -0.0498. The minimum absolute atomic E-state index is 0.179. The highest BCUT2D eigenvalue weighted by atomic mass is 35.5. The quantitative estimate of drug-likeness (QED) is 0.557. The number of benzene rings is 2. The Bertz CT molecular complexity index is 687. The molecule has 0 heterocycles. The number of ether oxygens (including phenoxy) is 1. The first-order valence-electron chi connectivity index (χ1n) is 8.58. The molecule has 2 aromatic carbocycles. The van der Waals surface area contributed by atoms with Gasteiger partial charge in [0.1, 0.15) is 5.75 Å². The lowest BCUT2D eigenvalue weighted by Gasteiger charge is -2.27. The summed E-state index contributed by atoms with van der Waals surface area (Å²) in [5.41, 5.74) is 5.07. The van der Waals surface area contributed by atoms with Gasteiger partial charge in [-0.15, -0.1) is 0 Å². The van der Waals surface area contributed by atoms with E-state index in [1.807, 2.05) is 0 Å². The largest absolute Gasteiger partial charge is 0.435 e. The zero-order chi connectivity index (χ0) is 17.6. The number of hydrogen-bond donors (Lipinski definition) is 0. The Balaban J connectivity index is 1.64. The number of allylic oxidation sites excluding steroid dienone is 1. The normalized spacial score (nSPS) is 21.0. The summed E-state index contributed by atoms with van der Waals surface area (Å²) in [7, 11) is 0. The van der Waals surface area contributed by atoms with Gasteiger partial charge < -0.3 is 4.74 Å². The van der Waals surface area contributed by atoms with Gasteiger partial charge in [-0.1, -0.05) is 54.1 Å². The van der Waals surface area contributed by atoms with Crippen LogP contribution in [0.1, 0.15) is 37.2 Å². The number of alkyl halides is 2. The summed E-state index contributed by atoms with van der Waals surface area (Å²) in [6, 6.07) is 15.3. The van der Waals surface area contributed by atoms with Gasteiger partial charge in [0.05, 0.1) is 0 Å². The maximum Gasteiger partial charge on any atom is 0.387 e. The van der Waals surface area contributed by atoms with E-state index in [1.165, 1.54) is 31.2 Å². The summed E-state index contributed by atoms with van der Waals surface area (Å²) < 4.78 is 28.8. The minimum atomic E-state index is -2.79. The van der Waals surface area contributed by atoms with E-state index in [-0.39, 0.29) is 5.75 Å². The van der Waals surface area contributed by atoms with Gasteiger partial charge in [0.25, 0.3) is 0 Å². The smallest absolute Gasteiger partial charge is 0.387 e. The standard InChI is InChI=1S/C21H21ClF2O/c22-14-13-15-1-3-16(4-2-15)17-5-7-18(8-6-17)19-9-11-20(12-10-19)25-21(23)24/h5-16,21H,1-4H2/b14-13+/t15-,16-. The first-order valence-corrected chi connectivity index (χ1v) is 9.01. The molecule has 1 nitrogen and oxygen atoms in total. The van der Waals surface area contributed by atoms with Crippen LogP contribution in [-0.4, -0.2) is 6.61 Å². The van der Waals surface area contributed by atoms with E-state index in [0.29, 0.717) is 11.8 Å². The van der Waals surface area contributed by atoms with Gasteiger partial charge in [-0.3, -0.25) is 0 Å². The van der Waals surface area contributed by atoms with Crippen molar-refractivity contribution in [1.29, 1.82) is 0 Å². The highest BCUT2D eigenvalue weighted by Gasteiger charge is 2.20. The van der Waals surface area contributed by atoms with E-state index in [9.17, 15) is 8.78 Å². The Labute approximate surface area is 152 Å². The van der Waals surface area contributed by atoms with Crippen LogP contribution in [-0.2, 0) is 0 Å². The third kappa shape index (κ3) is 4.82. The summed E-state index contributed by atoms with van der Waals surface area (Å²) in [5.74, 6) is 1.40. The fraction of sp³-hybridized carbons (Fsp3) is 0.333. The second kappa shape index (κ2) is 8.48. The molecule has 0 atom stereocenters. The zero-order valence-corrected chi connectivity index (χ0v) is 14.6. The van der Waals surface area contributed by atoms with Gasteiger partial charge in [0.2, 0.25) is 0 Å². The van der Waals surface area contributed by atoms with Gasteiger partial charge in [-0.05, 0) is 66.3 Å². The minimum Gasteiger partial charge on any atom is -0.435 e. The molecule has 3 rings (SSSR count). The SMILES string of the molecule is FC(F)Oc1ccc(-c2ccc([C@H]3CC[C@H](/C=C/Cl)CC3)cc2)cc1. The molecule has 0 unspecified atom stereocenters. The van der Waals surface area contributed by atoms with Crippen LogP contribution in [0.3, 0.4) is 0 Å². The molecule has 25 heavy (non-hydrogen) atoms. The topological polar surface area (TPSA) is 9.23 Å². The van der Waals surface area contributed by atoms with Crippen molar-refractivity contribution in [2.24, 2.45) is 5.92 Å². The van der Waals surface area contributed by atoms with Crippen molar-refractivity contribution in [3.63, 3.8) is 0 Å². The van der Waals surface area contributed by atoms with Crippen molar-refractivity contribution in [2.75, 3.05) is 0 Å². The van der Waals surface area contributed by atoms with Crippen LogP contribution in [0, 0.1) is 5.92 Å². The summed E-state index contributed by atoms with van der Waals surface area (Å²) in [4.78, 5) is 0.